The molecule has 0 N–H and O–H groups in total. The van der Waals surface area contributed by atoms with Gasteiger partial charge >= 0.3 is 0 Å². The Morgan fingerprint density at radius 3 is 2.55 bits per heavy atom. The normalized spacial score (nSPS) is 11.2. The predicted molar refractivity (Wildman–Crippen MR) is 75.6 cm³/mol. The minimum atomic E-state index is -0.918. The summed E-state index contributed by atoms with van der Waals surface area (Å²) in [7, 11) is 0. The molecule has 102 valence electrons. The number of aromatic nitrogens is 2. The Balaban J connectivity index is 2.30. The summed E-state index contributed by atoms with van der Waals surface area (Å²) in [5.74, 6) is -1.13. The van der Waals surface area contributed by atoms with Gasteiger partial charge in [-0.3, -0.25) is 4.57 Å². The van der Waals surface area contributed by atoms with Crippen molar-refractivity contribution < 1.29 is 8.78 Å². The van der Waals surface area contributed by atoms with Gasteiger partial charge in [-0.05, 0) is 30.3 Å². The molecule has 0 atom stereocenters. The van der Waals surface area contributed by atoms with E-state index < -0.39 is 11.6 Å². The van der Waals surface area contributed by atoms with Gasteiger partial charge in [-0.1, -0.05) is 11.6 Å². The summed E-state index contributed by atoms with van der Waals surface area (Å²) in [6.45, 7) is 0. The molecule has 0 amide bonds. The number of alkyl halides is 1. The van der Waals surface area contributed by atoms with Crippen molar-refractivity contribution in [2.45, 2.75) is 5.88 Å². The molecule has 0 bridgehead atoms. The molecule has 0 fully saturated rings. The molecule has 2 aromatic carbocycles. The molecule has 3 aromatic rings. The highest BCUT2D eigenvalue weighted by molar-refractivity contribution is 6.31. The quantitative estimate of drug-likeness (QED) is 0.627. The van der Waals surface area contributed by atoms with Crippen molar-refractivity contribution in [2.24, 2.45) is 0 Å². The van der Waals surface area contributed by atoms with Gasteiger partial charge in [-0.2, -0.15) is 0 Å². The van der Waals surface area contributed by atoms with E-state index in [1.54, 1.807) is 22.8 Å². The molecule has 0 spiro atoms. The molecule has 0 aliphatic heterocycles. The van der Waals surface area contributed by atoms with Crippen LogP contribution in [0.4, 0.5) is 8.78 Å². The predicted octanol–water partition coefficient (Wildman–Crippen LogP) is 4.70. The number of hydrogen-bond donors (Lipinski definition) is 0. The second-order valence-corrected chi connectivity index (χ2v) is 4.93. The molecule has 6 heteroatoms. The first-order valence-corrected chi connectivity index (χ1v) is 6.69. The smallest absolute Gasteiger partial charge is 0.160 e. The summed E-state index contributed by atoms with van der Waals surface area (Å²) < 4.78 is 28.1. The highest BCUT2D eigenvalue weighted by Gasteiger charge is 2.13. The molecule has 0 saturated carbocycles. The number of fused-ring (bicyclic) bond motifs is 1. The van der Waals surface area contributed by atoms with E-state index in [4.69, 9.17) is 23.2 Å². The van der Waals surface area contributed by atoms with E-state index in [1.807, 2.05) is 0 Å². The minimum Gasteiger partial charge on any atom is -0.295 e. The van der Waals surface area contributed by atoms with E-state index in [0.29, 0.717) is 22.1 Å². The van der Waals surface area contributed by atoms with Gasteiger partial charge in [0.15, 0.2) is 11.6 Å². The summed E-state index contributed by atoms with van der Waals surface area (Å²) in [6.07, 6.45) is 0. The molecule has 2 nitrogen and oxygen atoms in total. The fourth-order valence-corrected chi connectivity index (χ4v) is 2.45. The van der Waals surface area contributed by atoms with Crippen LogP contribution in [0.25, 0.3) is 16.7 Å². The lowest BCUT2D eigenvalue weighted by Gasteiger charge is -2.08. The van der Waals surface area contributed by atoms with Crippen LogP contribution in [0.2, 0.25) is 5.02 Å². The zero-order valence-corrected chi connectivity index (χ0v) is 11.6. The Morgan fingerprint density at radius 1 is 1.05 bits per heavy atom. The Bertz CT molecular complexity index is 799. The van der Waals surface area contributed by atoms with Crippen molar-refractivity contribution in [3.8, 4) is 5.69 Å². The molecule has 0 unspecified atom stereocenters. The molecule has 0 aliphatic rings. The number of imidazole rings is 1. The summed E-state index contributed by atoms with van der Waals surface area (Å²) in [5, 5.41) is 0.550. The fourth-order valence-electron chi connectivity index (χ4n) is 2.11. The Labute approximate surface area is 123 Å². The number of nitrogens with zero attached hydrogens (tertiary/aromatic N) is 2. The second kappa shape index (κ2) is 5.04. The maximum atomic E-state index is 13.4. The first-order valence-electron chi connectivity index (χ1n) is 5.78. The van der Waals surface area contributed by atoms with Crippen molar-refractivity contribution in [2.75, 3.05) is 0 Å². The van der Waals surface area contributed by atoms with E-state index in [2.05, 4.69) is 4.98 Å². The lowest BCUT2D eigenvalue weighted by Crippen LogP contribution is -2.00. The van der Waals surface area contributed by atoms with Gasteiger partial charge < -0.3 is 0 Å². The Kier molecular flexibility index (Phi) is 3.36. The molecule has 0 radical (unpaired) electrons. The first-order chi connectivity index (χ1) is 9.60. The summed E-state index contributed by atoms with van der Waals surface area (Å²) in [6, 6.07) is 8.83. The highest BCUT2D eigenvalue weighted by atomic mass is 35.5. The van der Waals surface area contributed by atoms with Crippen LogP contribution in [0.5, 0.6) is 0 Å². The lowest BCUT2D eigenvalue weighted by atomic mass is 10.2. The standard InChI is InChI=1S/C14H8Cl2F2N2/c15-7-14-19-12-5-8(16)1-4-13(12)20(14)9-2-3-10(17)11(18)6-9/h1-6H,7H2. The van der Waals surface area contributed by atoms with Gasteiger partial charge in [0, 0.05) is 11.1 Å². The molecule has 1 aromatic heterocycles. The SMILES string of the molecule is Fc1ccc(-n2c(CCl)nc3cc(Cl)ccc32)cc1F. The van der Waals surface area contributed by atoms with Crippen LogP contribution in [-0.2, 0) is 5.88 Å². The lowest BCUT2D eigenvalue weighted by molar-refractivity contribution is 0.508. The van der Waals surface area contributed by atoms with Crippen molar-refractivity contribution >= 4 is 34.2 Å². The number of halogens is 4. The van der Waals surface area contributed by atoms with E-state index in [9.17, 15) is 8.78 Å². The van der Waals surface area contributed by atoms with Crippen LogP contribution < -0.4 is 0 Å². The van der Waals surface area contributed by atoms with Crippen LogP contribution in [0.3, 0.4) is 0 Å². The van der Waals surface area contributed by atoms with Crippen LogP contribution in [0.1, 0.15) is 5.82 Å². The van der Waals surface area contributed by atoms with Crippen LogP contribution >= 0.6 is 23.2 Å². The van der Waals surface area contributed by atoms with Gasteiger partial charge in [0.05, 0.1) is 22.6 Å². The van der Waals surface area contributed by atoms with Crippen molar-refractivity contribution in [3.05, 3.63) is 58.9 Å². The fraction of sp³-hybridized carbons (Fsp3) is 0.0714. The van der Waals surface area contributed by atoms with E-state index >= 15 is 0 Å². The third kappa shape index (κ3) is 2.15. The monoisotopic (exact) mass is 312 g/mol. The molecule has 20 heavy (non-hydrogen) atoms. The Morgan fingerprint density at radius 2 is 1.85 bits per heavy atom. The maximum absolute atomic E-state index is 13.4. The zero-order chi connectivity index (χ0) is 14.3. The zero-order valence-electron chi connectivity index (χ0n) is 10.1. The molecular formula is C14H8Cl2F2N2. The molecular weight excluding hydrogens is 305 g/mol. The van der Waals surface area contributed by atoms with E-state index in [-0.39, 0.29) is 5.88 Å². The third-order valence-electron chi connectivity index (χ3n) is 2.97. The number of benzene rings is 2. The first kappa shape index (κ1) is 13.3. The van der Waals surface area contributed by atoms with Crippen LogP contribution in [-0.4, -0.2) is 9.55 Å². The summed E-state index contributed by atoms with van der Waals surface area (Å²) >= 11 is 11.8. The topological polar surface area (TPSA) is 17.8 Å². The third-order valence-corrected chi connectivity index (χ3v) is 3.44. The second-order valence-electron chi connectivity index (χ2n) is 4.23. The summed E-state index contributed by atoms with van der Waals surface area (Å²) in [4.78, 5) is 4.35. The molecule has 0 saturated heterocycles. The van der Waals surface area contributed by atoms with Gasteiger partial charge in [0.25, 0.3) is 0 Å². The molecule has 3 rings (SSSR count). The van der Waals surface area contributed by atoms with Gasteiger partial charge in [0.2, 0.25) is 0 Å². The Hall–Kier alpha value is -1.65. The van der Waals surface area contributed by atoms with Gasteiger partial charge in [0.1, 0.15) is 5.82 Å². The molecule has 1 heterocycles. The molecule has 0 aliphatic carbocycles. The van der Waals surface area contributed by atoms with Gasteiger partial charge in [-0.25, -0.2) is 13.8 Å². The van der Waals surface area contributed by atoms with E-state index in [1.165, 1.54) is 6.07 Å². The highest BCUT2D eigenvalue weighted by Crippen LogP contribution is 2.26. The van der Waals surface area contributed by atoms with Crippen molar-refractivity contribution in [1.82, 2.24) is 9.55 Å². The summed E-state index contributed by atoms with van der Waals surface area (Å²) in [5.41, 5.74) is 1.85. The average molecular weight is 313 g/mol. The number of hydrogen-bond acceptors (Lipinski definition) is 1. The minimum absolute atomic E-state index is 0.144. The van der Waals surface area contributed by atoms with Gasteiger partial charge in [-0.15, -0.1) is 11.6 Å². The van der Waals surface area contributed by atoms with Crippen LogP contribution in [0.15, 0.2) is 36.4 Å². The maximum Gasteiger partial charge on any atom is 0.160 e. The average Bonchev–Trinajstić information content (AvgIpc) is 2.79. The largest absolute Gasteiger partial charge is 0.295 e. The van der Waals surface area contributed by atoms with Crippen molar-refractivity contribution in [3.63, 3.8) is 0 Å². The van der Waals surface area contributed by atoms with E-state index in [0.717, 1.165) is 17.6 Å². The number of rotatable bonds is 2. The van der Waals surface area contributed by atoms with Crippen LogP contribution in [0, 0.1) is 11.6 Å². The van der Waals surface area contributed by atoms with Crippen molar-refractivity contribution in [1.29, 1.82) is 0 Å².